The highest BCUT2D eigenvalue weighted by Crippen LogP contribution is 2.21. The third kappa shape index (κ3) is 4.02. The molecular weight excluding hydrogens is 271 g/mol. The maximum Gasteiger partial charge on any atom is 0.516 e. The lowest BCUT2D eigenvalue weighted by Gasteiger charge is -2.09. The number of alkyl halides is 3. The van der Waals surface area contributed by atoms with Gasteiger partial charge in [-0.25, -0.2) is 4.72 Å². The van der Waals surface area contributed by atoms with Crippen LogP contribution in [0, 0.1) is 0 Å². The van der Waals surface area contributed by atoms with Crippen LogP contribution in [-0.2, 0) is 21.2 Å². The van der Waals surface area contributed by atoms with Gasteiger partial charge in [0.2, 0.25) is 5.91 Å². The Hall–Kier alpha value is -1.57. The van der Waals surface area contributed by atoms with E-state index in [0.717, 1.165) is 10.3 Å². The molecule has 0 unspecified atom stereocenters. The Morgan fingerprint density at radius 1 is 1.17 bits per heavy atom. The normalized spacial score (nSPS) is 12.2. The quantitative estimate of drug-likeness (QED) is 0.911. The fourth-order valence-corrected chi connectivity index (χ4v) is 1.68. The van der Waals surface area contributed by atoms with Crippen LogP contribution in [0.4, 0.5) is 13.2 Å². The summed E-state index contributed by atoms with van der Waals surface area (Å²) in [6.45, 7) is 0. The van der Waals surface area contributed by atoms with Crippen molar-refractivity contribution in [3.63, 3.8) is 0 Å². The van der Waals surface area contributed by atoms with E-state index >= 15 is 0 Å². The van der Waals surface area contributed by atoms with Gasteiger partial charge in [-0.2, -0.15) is 21.6 Å². The molecule has 1 aromatic rings. The van der Waals surface area contributed by atoms with Gasteiger partial charge in [0.05, 0.1) is 0 Å². The van der Waals surface area contributed by atoms with E-state index in [-0.39, 0.29) is 12.8 Å². The first-order valence-electron chi connectivity index (χ1n) is 4.88. The molecule has 0 aliphatic carbocycles. The van der Waals surface area contributed by atoms with Crippen molar-refractivity contribution in [1.29, 1.82) is 0 Å². The van der Waals surface area contributed by atoms with E-state index in [4.69, 9.17) is 0 Å². The van der Waals surface area contributed by atoms with Crippen LogP contribution < -0.4 is 4.72 Å². The molecule has 0 radical (unpaired) electrons. The van der Waals surface area contributed by atoms with Crippen molar-refractivity contribution in [2.75, 3.05) is 0 Å². The molecule has 0 atom stereocenters. The van der Waals surface area contributed by atoms with Crippen molar-refractivity contribution >= 4 is 15.9 Å². The molecule has 0 saturated heterocycles. The number of benzene rings is 1. The zero-order valence-electron chi connectivity index (χ0n) is 9.07. The van der Waals surface area contributed by atoms with Crippen molar-refractivity contribution < 1.29 is 26.4 Å². The van der Waals surface area contributed by atoms with E-state index in [1.165, 1.54) is 0 Å². The first kappa shape index (κ1) is 14.5. The van der Waals surface area contributed by atoms with Gasteiger partial charge >= 0.3 is 15.5 Å². The van der Waals surface area contributed by atoms with Gasteiger partial charge in [0.15, 0.2) is 0 Å². The number of sulfonamides is 1. The number of nitrogens with one attached hydrogen (secondary N) is 1. The molecule has 1 N–H and O–H groups in total. The molecule has 0 bridgehead atoms. The smallest absolute Gasteiger partial charge is 0.274 e. The monoisotopic (exact) mass is 281 g/mol. The highest BCUT2D eigenvalue weighted by Gasteiger charge is 2.46. The molecule has 1 amide bonds. The standard InChI is InChI=1S/C10H10F3NO3S/c11-10(12,13)18(16,17)14-9(15)7-6-8-4-2-1-3-5-8/h1-5H,6-7H2,(H,14,15). The van der Waals surface area contributed by atoms with Crippen molar-refractivity contribution in [2.45, 2.75) is 18.3 Å². The highest BCUT2D eigenvalue weighted by molar-refractivity contribution is 7.90. The average Bonchev–Trinajstić information content (AvgIpc) is 2.26. The van der Waals surface area contributed by atoms with E-state index in [1.54, 1.807) is 30.3 Å². The Balaban J connectivity index is 2.54. The van der Waals surface area contributed by atoms with Gasteiger partial charge in [-0.3, -0.25) is 4.79 Å². The summed E-state index contributed by atoms with van der Waals surface area (Å²) < 4.78 is 58.1. The molecule has 0 aliphatic heterocycles. The fourth-order valence-electron chi connectivity index (χ4n) is 1.16. The summed E-state index contributed by atoms with van der Waals surface area (Å²) in [7, 11) is -5.60. The Labute approximate surface area is 102 Å². The molecule has 0 saturated carbocycles. The van der Waals surface area contributed by atoms with E-state index in [1.807, 2.05) is 0 Å². The van der Waals surface area contributed by atoms with E-state index < -0.39 is 21.4 Å². The zero-order chi connectivity index (χ0) is 13.8. The van der Waals surface area contributed by atoms with Gasteiger partial charge in [-0.1, -0.05) is 30.3 Å². The van der Waals surface area contributed by atoms with Gasteiger partial charge < -0.3 is 0 Å². The van der Waals surface area contributed by atoms with Crippen molar-refractivity contribution in [3.8, 4) is 0 Å². The number of hydrogen-bond donors (Lipinski definition) is 1. The maximum atomic E-state index is 12.0. The van der Waals surface area contributed by atoms with Crippen LogP contribution in [0.15, 0.2) is 30.3 Å². The molecule has 18 heavy (non-hydrogen) atoms. The zero-order valence-corrected chi connectivity index (χ0v) is 9.88. The predicted octanol–water partition coefficient (Wildman–Crippen LogP) is 1.59. The van der Waals surface area contributed by atoms with Gasteiger partial charge in [0.25, 0.3) is 0 Å². The van der Waals surface area contributed by atoms with Crippen molar-refractivity contribution in [3.05, 3.63) is 35.9 Å². The summed E-state index contributed by atoms with van der Waals surface area (Å²) in [6.07, 6.45) is -0.167. The van der Waals surface area contributed by atoms with Crippen LogP contribution in [0.5, 0.6) is 0 Å². The van der Waals surface area contributed by atoms with Crippen LogP contribution in [0.3, 0.4) is 0 Å². The molecule has 0 spiro atoms. The van der Waals surface area contributed by atoms with Crippen molar-refractivity contribution in [1.82, 2.24) is 4.72 Å². The number of hydrogen-bond acceptors (Lipinski definition) is 3. The second kappa shape index (κ2) is 5.38. The summed E-state index contributed by atoms with van der Waals surface area (Å²) in [5.41, 5.74) is -4.74. The van der Waals surface area contributed by atoms with Crippen LogP contribution in [-0.4, -0.2) is 19.8 Å². The van der Waals surface area contributed by atoms with Gasteiger partial charge in [-0.15, -0.1) is 0 Å². The summed E-state index contributed by atoms with van der Waals surface area (Å²) in [5.74, 6) is -1.18. The van der Waals surface area contributed by atoms with Crippen molar-refractivity contribution in [2.24, 2.45) is 0 Å². The second-order valence-electron chi connectivity index (χ2n) is 3.46. The minimum absolute atomic E-state index is 0.167. The van der Waals surface area contributed by atoms with E-state index in [2.05, 4.69) is 0 Å². The molecule has 0 aromatic heterocycles. The highest BCUT2D eigenvalue weighted by atomic mass is 32.2. The summed E-state index contributed by atoms with van der Waals surface area (Å²) in [5, 5.41) is 0. The molecule has 4 nitrogen and oxygen atoms in total. The molecule has 100 valence electrons. The number of carbonyl (C=O) groups is 1. The molecule has 0 aliphatic rings. The number of amides is 1. The second-order valence-corrected chi connectivity index (χ2v) is 5.13. The minimum atomic E-state index is -5.60. The van der Waals surface area contributed by atoms with E-state index in [0.29, 0.717) is 0 Å². The predicted molar refractivity (Wildman–Crippen MR) is 57.9 cm³/mol. The summed E-state index contributed by atoms with van der Waals surface area (Å²) in [6, 6.07) is 8.54. The van der Waals surface area contributed by atoms with Crippen LogP contribution >= 0.6 is 0 Å². The van der Waals surface area contributed by atoms with Crippen LogP contribution in [0.1, 0.15) is 12.0 Å². The number of aryl methyl sites for hydroxylation is 1. The molecular formula is C10H10F3NO3S. The fraction of sp³-hybridized carbons (Fsp3) is 0.300. The molecule has 8 heteroatoms. The topological polar surface area (TPSA) is 63.2 Å². The molecule has 1 rings (SSSR count). The number of halogens is 3. The molecule has 0 heterocycles. The van der Waals surface area contributed by atoms with Crippen LogP contribution in [0.25, 0.3) is 0 Å². The van der Waals surface area contributed by atoms with E-state index in [9.17, 15) is 26.4 Å². The minimum Gasteiger partial charge on any atom is -0.274 e. The third-order valence-corrected chi connectivity index (χ3v) is 3.14. The summed E-state index contributed by atoms with van der Waals surface area (Å²) >= 11 is 0. The summed E-state index contributed by atoms with van der Waals surface area (Å²) in [4.78, 5) is 11.1. The Morgan fingerprint density at radius 3 is 2.22 bits per heavy atom. The Kier molecular flexibility index (Phi) is 4.33. The van der Waals surface area contributed by atoms with Crippen LogP contribution in [0.2, 0.25) is 0 Å². The lowest BCUT2D eigenvalue weighted by atomic mass is 10.1. The number of carbonyl (C=O) groups excluding carboxylic acids is 1. The lowest BCUT2D eigenvalue weighted by molar-refractivity contribution is -0.119. The SMILES string of the molecule is O=C(CCc1ccccc1)NS(=O)(=O)C(F)(F)F. The van der Waals surface area contributed by atoms with Gasteiger partial charge in [0, 0.05) is 6.42 Å². The molecule has 1 aromatic carbocycles. The number of rotatable bonds is 4. The Morgan fingerprint density at radius 2 is 1.72 bits per heavy atom. The first-order valence-corrected chi connectivity index (χ1v) is 6.36. The van der Waals surface area contributed by atoms with Gasteiger partial charge in [0.1, 0.15) is 0 Å². The largest absolute Gasteiger partial charge is 0.516 e. The molecule has 0 fully saturated rings. The third-order valence-electron chi connectivity index (χ3n) is 2.04. The first-order chi connectivity index (χ1) is 8.22. The Bertz CT molecular complexity index is 511. The maximum absolute atomic E-state index is 12.0. The van der Waals surface area contributed by atoms with Gasteiger partial charge in [-0.05, 0) is 12.0 Å². The average molecular weight is 281 g/mol. The lowest BCUT2D eigenvalue weighted by Crippen LogP contribution is -2.40.